The monoisotopic (exact) mass is 930 g/mol. The number of hydrogen-bond acceptors (Lipinski definition) is 5. The van der Waals surface area contributed by atoms with E-state index in [9.17, 15) is 19.8 Å². The second kappa shape index (κ2) is 55.9. The SMILES string of the molecule is CCCCCCCC/C=C\CCCCCCCCCCCC(=O)OCCCCCCCCCCC/C=C\CCCCCCCCCC(=O)NC(CO)C(O)CCCCCCCCCCCC. The summed E-state index contributed by atoms with van der Waals surface area (Å²) in [4.78, 5) is 24.5. The zero-order valence-electron chi connectivity index (χ0n) is 44.4. The summed E-state index contributed by atoms with van der Waals surface area (Å²) in [5.41, 5.74) is 0. The van der Waals surface area contributed by atoms with Crippen LogP contribution in [-0.2, 0) is 14.3 Å². The Labute approximate surface area is 411 Å². The lowest BCUT2D eigenvalue weighted by molar-refractivity contribution is -0.143. The fourth-order valence-corrected chi connectivity index (χ4v) is 9.16. The van der Waals surface area contributed by atoms with E-state index in [2.05, 4.69) is 43.5 Å². The van der Waals surface area contributed by atoms with Gasteiger partial charge in [0, 0.05) is 12.8 Å². The maximum absolute atomic E-state index is 12.4. The average Bonchev–Trinajstić information content (AvgIpc) is 3.32. The molecule has 0 saturated carbocycles. The van der Waals surface area contributed by atoms with Crippen LogP contribution in [0.25, 0.3) is 0 Å². The highest BCUT2D eigenvalue weighted by atomic mass is 16.5. The van der Waals surface area contributed by atoms with Gasteiger partial charge in [-0.15, -0.1) is 0 Å². The first-order valence-electron chi connectivity index (χ1n) is 29.6. The van der Waals surface area contributed by atoms with Crippen LogP contribution in [0.1, 0.15) is 322 Å². The summed E-state index contributed by atoms with van der Waals surface area (Å²) >= 11 is 0. The van der Waals surface area contributed by atoms with Gasteiger partial charge in [-0.2, -0.15) is 0 Å². The molecule has 0 aliphatic heterocycles. The molecule has 6 heteroatoms. The van der Waals surface area contributed by atoms with E-state index in [1.54, 1.807) is 0 Å². The summed E-state index contributed by atoms with van der Waals surface area (Å²) in [5, 5.41) is 23.1. The predicted molar refractivity (Wildman–Crippen MR) is 287 cm³/mol. The van der Waals surface area contributed by atoms with Crippen LogP contribution in [0.5, 0.6) is 0 Å². The van der Waals surface area contributed by atoms with Gasteiger partial charge in [0.25, 0.3) is 0 Å². The normalized spacial score (nSPS) is 12.7. The molecule has 0 saturated heterocycles. The minimum atomic E-state index is -0.668. The van der Waals surface area contributed by atoms with Crippen molar-refractivity contribution in [3.63, 3.8) is 0 Å². The third-order valence-electron chi connectivity index (χ3n) is 13.7. The second-order valence-corrected chi connectivity index (χ2v) is 20.3. The molecule has 2 atom stereocenters. The minimum Gasteiger partial charge on any atom is -0.466 e. The van der Waals surface area contributed by atoms with Gasteiger partial charge in [0.2, 0.25) is 5.91 Å². The van der Waals surface area contributed by atoms with Crippen molar-refractivity contribution in [2.45, 2.75) is 334 Å². The summed E-state index contributed by atoms with van der Waals surface area (Å²) in [6.45, 7) is 4.93. The lowest BCUT2D eigenvalue weighted by Gasteiger charge is -2.22. The van der Waals surface area contributed by atoms with Gasteiger partial charge in [0.1, 0.15) is 0 Å². The van der Waals surface area contributed by atoms with E-state index < -0.39 is 12.1 Å². The second-order valence-electron chi connectivity index (χ2n) is 20.3. The van der Waals surface area contributed by atoms with Gasteiger partial charge in [0.05, 0.1) is 25.4 Å². The summed E-state index contributed by atoms with van der Waals surface area (Å²) in [5.74, 6) is -0.0389. The molecule has 0 aliphatic carbocycles. The molecule has 1 amide bonds. The molecule has 0 rings (SSSR count). The Hall–Kier alpha value is -1.66. The Balaban J connectivity index is 3.39. The van der Waals surface area contributed by atoms with Crippen LogP contribution in [0.3, 0.4) is 0 Å². The van der Waals surface area contributed by atoms with E-state index in [1.807, 2.05) is 0 Å². The number of unbranched alkanes of at least 4 members (excludes halogenated alkanes) is 40. The van der Waals surface area contributed by atoms with Gasteiger partial charge in [-0.3, -0.25) is 9.59 Å². The molecule has 0 heterocycles. The van der Waals surface area contributed by atoms with E-state index in [0.29, 0.717) is 25.9 Å². The molecule has 0 aliphatic rings. The lowest BCUT2D eigenvalue weighted by Crippen LogP contribution is -2.45. The van der Waals surface area contributed by atoms with Crippen LogP contribution in [0.4, 0.5) is 0 Å². The van der Waals surface area contributed by atoms with Crippen molar-refractivity contribution in [3.05, 3.63) is 24.3 Å². The van der Waals surface area contributed by atoms with Gasteiger partial charge in [-0.1, -0.05) is 256 Å². The van der Waals surface area contributed by atoms with E-state index in [0.717, 1.165) is 44.9 Å². The molecule has 0 aromatic carbocycles. The Bertz CT molecular complexity index is 1030. The first kappa shape index (κ1) is 64.3. The van der Waals surface area contributed by atoms with Crippen molar-refractivity contribution >= 4 is 11.9 Å². The van der Waals surface area contributed by atoms with E-state index in [4.69, 9.17) is 4.74 Å². The number of amides is 1. The molecular formula is C60H115NO5. The van der Waals surface area contributed by atoms with Crippen molar-refractivity contribution < 1.29 is 24.5 Å². The molecule has 2 unspecified atom stereocenters. The van der Waals surface area contributed by atoms with Crippen LogP contribution in [0.2, 0.25) is 0 Å². The fraction of sp³-hybridized carbons (Fsp3) is 0.900. The fourth-order valence-electron chi connectivity index (χ4n) is 9.16. The van der Waals surface area contributed by atoms with Crippen LogP contribution in [0, 0.1) is 0 Å². The van der Waals surface area contributed by atoms with E-state index in [1.165, 1.54) is 244 Å². The molecule has 0 radical (unpaired) electrons. The molecule has 0 aromatic heterocycles. The number of carbonyl (C=O) groups is 2. The maximum atomic E-state index is 12.4. The summed E-state index contributed by atoms with van der Waals surface area (Å²) < 4.78 is 5.49. The molecular weight excluding hydrogens is 815 g/mol. The minimum absolute atomic E-state index is 0.00587. The zero-order chi connectivity index (χ0) is 47.9. The van der Waals surface area contributed by atoms with E-state index >= 15 is 0 Å². The smallest absolute Gasteiger partial charge is 0.305 e. The number of carbonyl (C=O) groups excluding carboxylic acids is 2. The van der Waals surface area contributed by atoms with E-state index in [-0.39, 0.29) is 18.5 Å². The van der Waals surface area contributed by atoms with Crippen molar-refractivity contribution in [3.8, 4) is 0 Å². The highest BCUT2D eigenvalue weighted by Gasteiger charge is 2.20. The van der Waals surface area contributed by atoms with Crippen molar-refractivity contribution in [2.24, 2.45) is 0 Å². The number of nitrogens with one attached hydrogen (secondary N) is 1. The molecule has 6 nitrogen and oxygen atoms in total. The van der Waals surface area contributed by atoms with Crippen LogP contribution >= 0.6 is 0 Å². The number of aliphatic hydroxyl groups excluding tert-OH is 2. The third kappa shape index (κ3) is 51.7. The first-order chi connectivity index (χ1) is 32.5. The molecule has 390 valence electrons. The number of aliphatic hydroxyl groups is 2. The number of esters is 1. The third-order valence-corrected chi connectivity index (χ3v) is 13.7. The maximum Gasteiger partial charge on any atom is 0.305 e. The molecule has 0 bridgehead atoms. The highest BCUT2D eigenvalue weighted by Crippen LogP contribution is 2.17. The van der Waals surface area contributed by atoms with Gasteiger partial charge in [-0.05, 0) is 77.0 Å². The molecule has 0 aromatic rings. The Morgan fingerprint density at radius 3 is 1.08 bits per heavy atom. The molecule has 3 N–H and O–H groups in total. The number of allylic oxidation sites excluding steroid dienone is 4. The summed E-state index contributed by atoms with van der Waals surface area (Å²) in [7, 11) is 0. The number of hydrogen-bond donors (Lipinski definition) is 3. The molecule has 0 spiro atoms. The Morgan fingerprint density at radius 1 is 0.409 bits per heavy atom. The van der Waals surface area contributed by atoms with Crippen LogP contribution in [-0.4, -0.2) is 47.4 Å². The average molecular weight is 931 g/mol. The Morgan fingerprint density at radius 2 is 0.712 bits per heavy atom. The van der Waals surface area contributed by atoms with Crippen LogP contribution < -0.4 is 5.32 Å². The van der Waals surface area contributed by atoms with Crippen LogP contribution in [0.15, 0.2) is 24.3 Å². The first-order valence-corrected chi connectivity index (χ1v) is 29.6. The zero-order valence-corrected chi connectivity index (χ0v) is 44.4. The Kier molecular flexibility index (Phi) is 54.5. The number of rotatable bonds is 55. The summed E-state index contributed by atoms with van der Waals surface area (Å²) in [6, 6.07) is -0.546. The van der Waals surface area contributed by atoms with Crippen molar-refractivity contribution in [2.75, 3.05) is 13.2 Å². The number of ether oxygens (including phenoxy) is 1. The van der Waals surface area contributed by atoms with Crippen molar-refractivity contribution in [1.82, 2.24) is 5.32 Å². The van der Waals surface area contributed by atoms with Gasteiger partial charge in [-0.25, -0.2) is 0 Å². The molecule has 0 fully saturated rings. The van der Waals surface area contributed by atoms with Gasteiger partial charge in [0.15, 0.2) is 0 Å². The van der Waals surface area contributed by atoms with Crippen molar-refractivity contribution in [1.29, 1.82) is 0 Å². The predicted octanol–water partition coefficient (Wildman–Crippen LogP) is 18.2. The lowest BCUT2D eigenvalue weighted by atomic mass is 10.0. The van der Waals surface area contributed by atoms with Gasteiger partial charge >= 0.3 is 5.97 Å². The largest absolute Gasteiger partial charge is 0.466 e. The molecule has 66 heavy (non-hydrogen) atoms. The topological polar surface area (TPSA) is 95.9 Å². The highest BCUT2D eigenvalue weighted by molar-refractivity contribution is 5.76. The summed E-state index contributed by atoms with van der Waals surface area (Å²) in [6.07, 6.45) is 67.5. The van der Waals surface area contributed by atoms with Gasteiger partial charge < -0.3 is 20.3 Å². The standard InChI is InChI=1S/C60H115NO5/c1-3-5-7-9-11-13-15-16-17-18-21-25-28-31-34-38-42-46-50-54-60(65)66-55-51-47-43-39-35-32-29-26-23-20-19-22-24-27-30-33-37-41-45-49-53-59(64)61-57(56-62)58(63)52-48-44-40-36-14-12-10-8-6-4-2/h16-17,19,22,57-58,62-63H,3-15,18,20-21,23-56H2,1-2H3,(H,61,64)/b17-16-,22-19-. The quantitative estimate of drug-likeness (QED) is 0.0321.